The van der Waals surface area contributed by atoms with Crippen molar-refractivity contribution in [3.63, 3.8) is 0 Å². The summed E-state index contributed by atoms with van der Waals surface area (Å²) < 4.78 is 32.5. The Hall–Kier alpha value is -0.950. The number of alkyl carbamates (subject to hydrolysis) is 1. The summed E-state index contributed by atoms with van der Waals surface area (Å²) in [7, 11) is 1.61. The molecule has 1 rings (SSSR count). The summed E-state index contributed by atoms with van der Waals surface area (Å²) in [5.74, 6) is -2.78. The van der Waals surface area contributed by atoms with Crippen LogP contribution in [0.2, 0.25) is 0 Å². The summed E-state index contributed by atoms with van der Waals surface area (Å²) in [5, 5.41) is 12.6. The Bertz CT molecular complexity index is 399. The second kappa shape index (κ2) is 7.75. The number of halogens is 2. The first-order chi connectivity index (χ1) is 10.4. The molecule has 1 fully saturated rings. The zero-order valence-corrected chi connectivity index (χ0v) is 14.7. The highest BCUT2D eigenvalue weighted by Crippen LogP contribution is 2.27. The molecule has 1 aliphatic rings. The molecule has 0 spiro atoms. The van der Waals surface area contributed by atoms with Crippen LogP contribution in [-0.4, -0.2) is 59.4 Å². The van der Waals surface area contributed by atoms with Gasteiger partial charge in [0.05, 0.1) is 12.6 Å². The number of nitrogens with zero attached hydrogens (tertiary/aromatic N) is 1. The SMILES string of the molecule is CCC(F)(F)CN(C)C1CC(O)CCC1NC(=O)OC(C)(C)C. The molecule has 23 heavy (non-hydrogen) atoms. The predicted molar refractivity (Wildman–Crippen MR) is 84.7 cm³/mol. The zero-order chi connectivity index (χ0) is 17.8. The van der Waals surface area contributed by atoms with Crippen molar-refractivity contribution >= 4 is 6.09 Å². The van der Waals surface area contributed by atoms with Crippen molar-refractivity contribution in [1.82, 2.24) is 10.2 Å². The lowest BCUT2D eigenvalue weighted by Gasteiger charge is -2.41. The maximum Gasteiger partial charge on any atom is 0.407 e. The van der Waals surface area contributed by atoms with Crippen LogP contribution in [0, 0.1) is 0 Å². The van der Waals surface area contributed by atoms with Crippen LogP contribution in [-0.2, 0) is 4.74 Å². The van der Waals surface area contributed by atoms with E-state index in [1.54, 1.807) is 27.8 Å². The number of ether oxygens (including phenoxy) is 1. The Morgan fingerprint density at radius 3 is 2.48 bits per heavy atom. The molecule has 2 N–H and O–H groups in total. The lowest BCUT2D eigenvalue weighted by atomic mass is 9.87. The minimum atomic E-state index is -2.78. The fourth-order valence-electron chi connectivity index (χ4n) is 2.83. The Kier molecular flexibility index (Phi) is 6.77. The third-order valence-corrected chi connectivity index (χ3v) is 4.06. The molecule has 0 radical (unpaired) electrons. The maximum absolute atomic E-state index is 13.7. The van der Waals surface area contributed by atoms with E-state index in [-0.39, 0.29) is 18.5 Å². The van der Waals surface area contributed by atoms with Crippen LogP contribution >= 0.6 is 0 Å². The Balaban J connectivity index is 2.73. The van der Waals surface area contributed by atoms with Crippen LogP contribution in [0.15, 0.2) is 0 Å². The van der Waals surface area contributed by atoms with Gasteiger partial charge in [-0.05, 0) is 47.1 Å². The number of hydrogen-bond donors (Lipinski definition) is 2. The van der Waals surface area contributed by atoms with E-state index in [1.807, 2.05) is 0 Å². The van der Waals surface area contributed by atoms with Gasteiger partial charge in [-0.1, -0.05) is 6.92 Å². The van der Waals surface area contributed by atoms with Crippen LogP contribution in [0.3, 0.4) is 0 Å². The summed E-state index contributed by atoms with van der Waals surface area (Å²) in [4.78, 5) is 13.5. The van der Waals surface area contributed by atoms with Crippen molar-refractivity contribution in [3.05, 3.63) is 0 Å². The summed E-state index contributed by atoms with van der Waals surface area (Å²) >= 11 is 0. The van der Waals surface area contributed by atoms with Gasteiger partial charge < -0.3 is 15.2 Å². The van der Waals surface area contributed by atoms with E-state index in [4.69, 9.17) is 4.74 Å². The van der Waals surface area contributed by atoms with Crippen molar-refractivity contribution < 1.29 is 23.4 Å². The number of likely N-dealkylation sites (N-methyl/N-ethyl adjacent to an activating group) is 1. The number of nitrogens with one attached hydrogen (secondary N) is 1. The highest BCUT2D eigenvalue weighted by Gasteiger charge is 2.38. The lowest BCUT2D eigenvalue weighted by Crippen LogP contribution is -2.56. The molecule has 0 aliphatic heterocycles. The molecular formula is C16H30F2N2O3. The third kappa shape index (κ3) is 6.99. The number of rotatable bonds is 5. The molecule has 0 heterocycles. The van der Waals surface area contributed by atoms with E-state index >= 15 is 0 Å². The van der Waals surface area contributed by atoms with Crippen LogP contribution < -0.4 is 5.32 Å². The molecule has 0 aromatic rings. The van der Waals surface area contributed by atoms with Crippen LogP contribution in [0.1, 0.15) is 53.4 Å². The van der Waals surface area contributed by atoms with E-state index in [2.05, 4.69) is 5.32 Å². The van der Waals surface area contributed by atoms with Gasteiger partial charge in [0.2, 0.25) is 0 Å². The number of hydrogen-bond acceptors (Lipinski definition) is 4. The average molecular weight is 336 g/mol. The van der Waals surface area contributed by atoms with E-state index in [0.29, 0.717) is 19.3 Å². The molecule has 7 heteroatoms. The van der Waals surface area contributed by atoms with Gasteiger partial charge in [0.1, 0.15) is 5.60 Å². The number of amides is 1. The number of aliphatic hydroxyl groups excluding tert-OH is 1. The Morgan fingerprint density at radius 1 is 1.35 bits per heavy atom. The molecule has 0 saturated heterocycles. The van der Waals surface area contributed by atoms with Crippen molar-refractivity contribution in [2.75, 3.05) is 13.6 Å². The van der Waals surface area contributed by atoms with Gasteiger partial charge in [0.25, 0.3) is 5.92 Å². The summed E-state index contributed by atoms with van der Waals surface area (Å²) in [6.07, 6.45) is 0.101. The summed E-state index contributed by atoms with van der Waals surface area (Å²) in [5.41, 5.74) is -0.616. The van der Waals surface area contributed by atoms with Crippen molar-refractivity contribution in [2.45, 2.75) is 83.1 Å². The monoisotopic (exact) mass is 336 g/mol. The molecule has 136 valence electrons. The number of aliphatic hydroxyl groups is 1. The van der Waals surface area contributed by atoms with Gasteiger partial charge in [0, 0.05) is 18.5 Å². The predicted octanol–water partition coefficient (Wildman–Crippen LogP) is 2.77. The molecule has 0 aromatic heterocycles. The molecule has 3 atom stereocenters. The highest BCUT2D eigenvalue weighted by molar-refractivity contribution is 5.68. The number of alkyl halides is 2. The minimum Gasteiger partial charge on any atom is -0.444 e. The second-order valence-electron chi connectivity index (χ2n) is 7.41. The topological polar surface area (TPSA) is 61.8 Å². The Morgan fingerprint density at radius 2 is 1.96 bits per heavy atom. The summed E-state index contributed by atoms with van der Waals surface area (Å²) in [6, 6.07) is -0.658. The normalized spacial score (nSPS) is 26.2. The zero-order valence-electron chi connectivity index (χ0n) is 14.7. The Labute approximate surface area is 137 Å². The molecule has 3 unspecified atom stereocenters. The van der Waals surface area contributed by atoms with Gasteiger partial charge in [-0.25, -0.2) is 13.6 Å². The number of carbonyl (C=O) groups excluding carboxylic acids is 1. The first kappa shape index (κ1) is 20.1. The smallest absolute Gasteiger partial charge is 0.407 e. The largest absolute Gasteiger partial charge is 0.444 e. The van der Waals surface area contributed by atoms with Crippen LogP contribution in [0.5, 0.6) is 0 Å². The van der Waals surface area contributed by atoms with Crippen molar-refractivity contribution in [3.8, 4) is 0 Å². The maximum atomic E-state index is 13.7. The van der Waals surface area contributed by atoms with Gasteiger partial charge in [-0.3, -0.25) is 4.90 Å². The van der Waals surface area contributed by atoms with Gasteiger partial charge >= 0.3 is 6.09 Å². The fourth-order valence-corrected chi connectivity index (χ4v) is 2.83. The van der Waals surface area contributed by atoms with Gasteiger partial charge in [0.15, 0.2) is 0 Å². The second-order valence-corrected chi connectivity index (χ2v) is 7.41. The van der Waals surface area contributed by atoms with E-state index < -0.39 is 30.3 Å². The first-order valence-electron chi connectivity index (χ1n) is 8.19. The van der Waals surface area contributed by atoms with Crippen molar-refractivity contribution in [2.24, 2.45) is 0 Å². The molecular weight excluding hydrogens is 306 g/mol. The molecule has 5 nitrogen and oxygen atoms in total. The molecule has 1 saturated carbocycles. The lowest BCUT2D eigenvalue weighted by molar-refractivity contribution is -0.0525. The third-order valence-electron chi connectivity index (χ3n) is 4.06. The van der Waals surface area contributed by atoms with E-state index in [0.717, 1.165) is 0 Å². The van der Waals surface area contributed by atoms with Crippen LogP contribution in [0.25, 0.3) is 0 Å². The molecule has 1 aliphatic carbocycles. The van der Waals surface area contributed by atoms with E-state index in [9.17, 15) is 18.7 Å². The average Bonchev–Trinajstić information content (AvgIpc) is 2.38. The van der Waals surface area contributed by atoms with Crippen molar-refractivity contribution in [1.29, 1.82) is 0 Å². The van der Waals surface area contributed by atoms with Crippen LogP contribution in [0.4, 0.5) is 13.6 Å². The fraction of sp³-hybridized carbons (Fsp3) is 0.938. The molecule has 0 bridgehead atoms. The van der Waals surface area contributed by atoms with Gasteiger partial charge in [-0.15, -0.1) is 0 Å². The standard InChI is InChI=1S/C16H30F2N2O3/c1-6-16(17,18)10-20(5)13-9-11(21)7-8-12(13)19-14(22)23-15(2,3)4/h11-13,21H,6-10H2,1-5H3,(H,19,22). The first-order valence-corrected chi connectivity index (χ1v) is 8.19. The minimum absolute atomic E-state index is 0.239. The molecule has 1 amide bonds. The number of carbonyl (C=O) groups is 1. The van der Waals surface area contributed by atoms with Gasteiger partial charge in [-0.2, -0.15) is 0 Å². The summed E-state index contributed by atoms with van der Waals surface area (Å²) in [6.45, 7) is 6.35. The molecule has 0 aromatic carbocycles. The highest BCUT2D eigenvalue weighted by atomic mass is 19.3. The quantitative estimate of drug-likeness (QED) is 0.810. The van der Waals surface area contributed by atoms with E-state index in [1.165, 1.54) is 11.8 Å².